The van der Waals surface area contributed by atoms with E-state index in [4.69, 9.17) is 0 Å². The second kappa shape index (κ2) is 6.92. The molecule has 0 saturated heterocycles. The van der Waals surface area contributed by atoms with E-state index in [1.165, 1.54) is 22.6 Å². The number of benzene rings is 2. The highest BCUT2D eigenvalue weighted by molar-refractivity contribution is 7.10. The zero-order valence-corrected chi connectivity index (χ0v) is 15.3. The van der Waals surface area contributed by atoms with Crippen LogP contribution >= 0.6 is 11.3 Å². The summed E-state index contributed by atoms with van der Waals surface area (Å²) in [7, 11) is 0. The third-order valence-electron chi connectivity index (χ3n) is 4.72. The van der Waals surface area contributed by atoms with Gasteiger partial charge in [0.2, 0.25) is 0 Å². The SMILES string of the molecule is Cc1cc(C(=O)Nc2ccc(N3CCc4sccc4C3)cc2)ccc1F. The number of hydrogen-bond donors (Lipinski definition) is 1. The summed E-state index contributed by atoms with van der Waals surface area (Å²) in [6, 6.07) is 14.5. The number of hydrogen-bond acceptors (Lipinski definition) is 3. The molecular weight excluding hydrogens is 347 g/mol. The van der Waals surface area contributed by atoms with Gasteiger partial charge in [0.15, 0.2) is 0 Å². The standard InChI is InChI=1S/C21H19FN2OS/c1-14-12-15(2-7-19(14)22)21(25)23-17-3-5-18(6-4-17)24-10-8-20-16(13-24)9-11-26-20/h2-7,9,11-12H,8,10,13H2,1H3,(H,23,25). The van der Waals surface area contributed by atoms with Crippen molar-refractivity contribution in [3.8, 4) is 0 Å². The van der Waals surface area contributed by atoms with Crippen molar-refractivity contribution >= 4 is 28.6 Å². The van der Waals surface area contributed by atoms with E-state index in [-0.39, 0.29) is 11.7 Å². The molecule has 5 heteroatoms. The Morgan fingerprint density at radius 3 is 2.73 bits per heavy atom. The quantitative estimate of drug-likeness (QED) is 0.707. The van der Waals surface area contributed by atoms with Crippen LogP contribution < -0.4 is 10.2 Å². The zero-order valence-electron chi connectivity index (χ0n) is 14.5. The second-order valence-electron chi connectivity index (χ2n) is 6.51. The number of aryl methyl sites for hydroxylation is 1. The fourth-order valence-corrected chi connectivity index (χ4v) is 4.10. The van der Waals surface area contributed by atoms with E-state index in [2.05, 4.69) is 21.7 Å². The molecule has 3 nitrogen and oxygen atoms in total. The Balaban J connectivity index is 1.44. The van der Waals surface area contributed by atoms with Crippen LogP contribution in [0.15, 0.2) is 53.9 Å². The van der Waals surface area contributed by atoms with Crippen LogP contribution in [-0.2, 0) is 13.0 Å². The number of halogens is 1. The van der Waals surface area contributed by atoms with Gasteiger partial charge in [0, 0.05) is 34.9 Å². The average molecular weight is 366 g/mol. The van der Waals surface area contributed by atoms with Gasteiger partial charge in [-0.3, -0.25) is 4.79 Å². The molecule has 1 N–H and O–H groups in total. The van der Waals surface area contributed by atoms with Crippen molar-refractivity contribution in [2.45, 2.75) is 19.9 Å². The first kappa shape index (κ1) is 16.8. The first-order valence-electron chi connectivity index (χ1n) is 8.58. The largest absolute Gasteiger partial charge is 0.367 e. The zero-order chi connectivity index (χ0) is 18.1. The van der Waals surface area contributed by atoms with Crippen molar-refractivity contribution in [1.82, 2.24) is 0 Å². The topological polar surface area (TPSA) is 32.3 Å². The van der Waals surface area contributed by atoms with Crippen LogP contribution in [0.25, 0.3) is 0 Å². The Labute approximate surface area is 156 Å². The molecule has 1 aromatic heterocycles. The Hall–Kier alpha value is -2.66. The van der Waals surface area contributed by atoms with Crippen LogP contribution in [0.4, 0.5) is 15.8 Å². The monoisotopic (exact) mass is 366 g/mol. The summed E-state index contributed by atoms with van der Waals surface area (Å²) in [5.41, 5.74) is 4.21. The molecule has 1 aliphatic heterocycles. The summed E-state index contributed by atoms with van der Waals surface area (Å²) in [5.74, 6) is -0.539. The van der Waals surface area contributed by atoms with Gasteiger partial charge in [-0.05, 0) is 78.4 Å². The summed E-state index contributed by atoms with van der Waals surface area (Å²) < 4.78 is 13.3. The van der Waals surface area contributed by atoms with E-state index in [0.717, 1.165) is 30.9 Å². The molecule has 3 aromatic rings. The number of fused-ring (bicyclic) bond motifs is 1. The number of thiophene rings is 1. The van der Waals surface area contributed by atoms with Gasteiger partial charge in [-0.2, -0.15) is 0 Å². The molecule has 4 rings (SSSR count). The second-order valence-corrected chi connectivity index (χ2v) is 7.51. The van der Waals surface area contributed by atoms with Crippen molar-refractivity contribution in [1.29, 1.82) is 0 Å². The van der Waals surface area contributed by atoms with Gasteiger partial charge in [0.05, 0.1) is 0 Å². The normalized spacial score (nSPS) is 13.4. The van der Waals surface area contributed by atoms with Gasteiger partial charge >= 0.3 is 0 Å². The Kier molecular flexibility index (Phi) is 4.47. The average Bonchev–Trinajstić information content (AvgIpc) is 3.12. The highest BCUT2D eigenvalue weighted by Gasteiger charge is 2.17. The minimum Gasteiger partial charge on any atom is -0.367 e. The molecule has 0 atom stereocenters. The fourth-order valence-electron chi connectivity index (χ4n) is 3.21. The maximum atomic E-state index is 13.3. The number of nitrogens with zero attached hydrogens (tertiary/aromatic N) is 1. The molecule has 0 unspecified atom stereocenters. The van der Waals surface area contributed by atoms with Crippen LogP contribution in [0.3, 0.4) is 0 Å². The minimum absolute atomic E-state index is 0.235. The first-order valence-corrected chi connectivity index (χ1v) is 9.46. The van der Waals surface area contributed by atoms with E-state index >= 15 is 0 Å². The summed E-state index contributed by atoms with van der Waals surface area (Å²) >= 11 is 1.83. The van der Waals surface area contributed by atoms with E-state index in [1.54, 1.807) is 13.0 Å². The van der Waals surface area contributed by atoms with Crippen LogP contribution in [0, 0.1) is 12.7 Å². The van der Waals surface area contributed by atoms with Crippen LogP contribution in [0.1, 0.15) is 26.4 Å². The highest BCUT2D eigenvalue weighted by atomic mass is 32.1. The van der Waals surface area contributed by atoms with Crippen molar-refractivity contribution in [2.75, 3.05) is 16.8 Å². The Bertz CT molecular complexity index is 949. The Morgan fingerprint density at radius 2 is 1.96 bits per heavy atom. The van der Waals surface area contributed by atoms with Gasteiger partial charge in [-0.25, -0.2) is 4.39 Å². The maximum Gasteiger partial charge on any atom is 0.255 e. The molecule has 2 heterocycles. The number of rotatable bonds is 3. The molecule has 0 bridgehead atoms. The number of nitrogens with one attached hydrogen (secondary N) is 1. The number of amides is 1. The first-order chi connectivity index (χ1) is 12.6. The molecule has 1 amide bonds. The summed E-state index contributed by atoms with van der Waals surface area (Å²) in [4.78, 5) is 16.2. The molecule has 1 aliphatic rings. The third kappa shape index (κ3) is 3.35. The van der Waals surface area contributed by atoms with Gasteiger partial charge in [0.1, 0.15) is 5.82 Å². The molecule has 0 fully saturated rings. The van der Waals surface area contributed by atoms with Gasteiger partial charge in [-0.1, -0.05) is 0 Å². The predicted octanol–water partition coefficient (Wildman–Crippen LogP) is 5.01. The van der Waals surface area contributed by atoms with E-state index < -0.39 is 0 Å². The molecule has 0 radical (unpaired) electrons. The lowest BCUT2D eigenvalue weighted by atomic mass is 10.1. The molecule has 0 spiro atoms. The van der Waals surface area contributed by atoms with Crippen molar-refractivity contribution < 1.29 is 9.18 Å². The molecule has 0 aliphatic carbocycles. The minimum atomic E-state index is -0.304. The lowest BCUT2D eigenvalue weighted by Crippen LogP contribution is -2.29. The molecule has 132 valence electrons. The third-order valence-corrected chi connectivity index (χ3v) is 5.74. The molecule has 26 heavy (non-hydrogen) atoms. The summed E-state index contributed by atoms with van der Waals surface area (Å²) in [5, 5.41) is 5.03. The smallest absolute Gasteiger partial charge is 0.255 e. The summed E-state index contributed by atoms with van der Waals surface area (Å²) in [6.45, 7) is 3.59. The number of carbonyl (C=O) groups excluding carboxylic acids is 1. The van der Waals surface area contributed by atoms with Crippen molar-refractivity contribution in [3.05, 3.63) is 81.3 Å². The highest BCUT2D eigenvalue weighted by Crippen LogP contribution is 2.28. The van der Waals surface area contributed by atoms with Crippen LogP contribution in [-0.4, -0.2) is 12.5 Å². The number of carbonyl (C=O) groups is 1. The van der Waals surface area contributed by atoms with E-state index in [9.17, 15) is 9.18 Å². The van der Waals surface area contributed by atoms with Gasteiger partial charge < -0.3 is 10.2 Å². The predicted molar refractivity (Wildman–Crippen MR) is 105 cm³/mol. The van der Waals surface area contributed by atoms with Crippen molar-refractivity contribution in [2.24, 2.45) is 0 Å². The number of anilines is 2. The van der Waals surface area contributed by atoms with Gasteiger partial charge in [0.25, 0.3) is 5.91 Å². The lowest BCUT2D eigenvalue weighted by molar-refractivity contribution is 0.102. The molecular formula is C21H19FN2OS. The van der Waals surface area contributed by atoms with E-state index in [0.29, 0.717) is 11.1 Å². The lowest BCUT2D eigenvalue weighted by Gasteiger charge is -2.29. The summed E-state index contributed by atoms with van der Waals surface area (Å²) in [6.07, 6.45) is 1.08. The van der Waals surface area contributed by atoms with Gasteiger partial charge in [-0.15, -0.1) is 11.3 Å². The van der Waals surface area contributed by atoms with E-state index in [1.807, 2.05) is 35.6 Å². The maximum absolute atomic E-state index is 13.3. The van der Waals surface area contributed by atoms with Crippen LogP contribution in [0.5, 0.6) is 0 Å². The molecule has 2 aromatic carbocycles. The Morgan fingerprint density at radius 1 is 1.15 bits per heavy atom. The van der Waals surface area contributed by atoms with Crippen LogP contribution in [0.2, 0.25) is 0 Å². The molecule has 0 saturated carbocycles. The van der Waals surface area contributed by atoms with Crippen molar-refractivity contribution in [3.63, 3.8) is 0 Å². The fraction of sp³-hybridized carbons (Fsp3) is 0.190.